The Morgan fingerprint density at radius 3 is 2.67 bits per heavy atom. The Balaban J connectivity index is 1.71. The molecular weight excluding hydrogens is 394 g/mol. The molecule has 1 fully saturated rings. The van der Waals surface area contributed by atoms with E-state index in [0.29, 0.717) is 33.8 Å². The van der Waals surface area contributed by atoms with E-state index in [1.54, 1.807) is 18.2 Å². The molecule has 1 aliphatic rings. The van der Waals surface area contributed by atoms with Gasteiger partial charge in [0, 0.05) is 34.0 Å². The van der Waals surface area contributed by atoms with E-state index in [4.69, 9.17) is 11.6 Å². The predicted octanol–water partition coefficient (Wildman–Crippen LogP) is 3.29. The summed E-state index contributed by atoms with van der Waals surface area (Å²) in [6.45, 7) is 1.76. The average molecular weight is 409 g/mol. The van der Waals surface area contributed by atoms with Crippen LogP contribution in [0, 0.1) is 0 Å². The summed E-state index contributed by atoms with van der Waals surface area (Å²) >= 11 is 9.29. The smallest absolute Gasteiger partial charge is 0.256 e. The van der Waals surface area contributed by atoms with Crippen molar-refractivity contribution in [3.63, 3.8) is 0 Å². The van der Waals surface area contributed by atoms with Crippen molar-refractivity contribution in [2.24, 2.45) is 0 Å². The first-order valence-electron chi connectivity index (χ1n) is 7.41. The zero-order valence-corrected chi connectivity index (χ0v) is 15.0. The fraction of sp³-hybridized carbons (Fsp3) is 0.176. The van der Waals surface area contributed by atoms with Crippen LogP contribution >= 0.6 is 27.5 Å². The minimum atomic E-state index is -0.241. The molecule has 1 heterocycles. The lowest BCUT2D eigenvalue weighted by Crippen LogP contribution is -2.47. The molecule has 0 bridgehead atoms. The Hall–Kier alpha value is -2.05. The summed E-state index contributed by atoms with van der Waals surface area (Å²) in [5.74, 6) is -0.223. The van der Waals surface area contributed by atoms with E-state index < -0.39 is 0 Å². The highest BCUT2D eigenvalue weighted by atomic mass is 79.9. The number of nitrogens with zero attached hydrogens (tertiary/aromatic N) is 1. The van der Waals surface area contributed by atoms with E-state index in [1.807, 2.05) is 29.2 Å². The number of rotatable bonds is 3. The van der Waals surface area contributed by atoms with E-state index >= 15 is 0 Å². The molecule has 7 heteroatoms. The third-order valence-corrected chi connectivity index (χ3v) is 4.63. The maximum Gasteiger partial charge on any atom is 0.256 e. The number of halogens is 2. The van der Waals surface area contributed by atoms with Gasteiger partial charge >= 0.3 is 0 Å². The summed E-state index contributed by atoms with van der Waals surface area (Å²) in [5, 5.41) is 6.14. The monoisotopic (exact) mass is 407 g/mol. The molecule has 1 saturated heterocycles. The second-order valence-electron chi connectivity index (χ2n) is 5.40. The van der Waals surface area contributed by atoms with Crippen molar-refractivity contribution in [3.8, 4) is 0 Å². The van der Waals surface area contributed by atoms with Gasteiger partial charge in [-0.15, -0.1) is 0 Å². The van der Waals surface area contributed by atoms with E-state index in [-0.39, 0.29) is 11.8 Å². The standard InChI is InChI=1S/C17H15BrClN3O2/c18-15-6-1-11(19)9-14(15)17(24)21-12-2-4-13(5-3-12)22-8-7-20-16(23)10-22/h1-6,9H,7-8,10H2,(H,20,23)(H,21,24). The number of hydrogen-bond donors (Lipinski definition) is 2. The molecular formula is C17H15BrClN3O2. The molecule has 0 aliphatic carbocycles. The Morgan fingerprint density at radius 2 is 1.96 bits per heavy atom. The van der Waals surface area contributed by atoms with Crippen LogP contribution in [0.15, 0.2) is 46.9 Å². The molecule has 24 heavy (non-hydrogen) atoms. The summed E-state index contributed by atoms with van der Waals surface area (Å²) in [7, 11) is 0. The molecule has 0 saturated carbocycles. The Labute approximate surface area is 153 Å². The zero-order valence-electron chi connectivity index (χ0n) is 12.7. The molecule has 0 spiro atoms. The SMILES string of the molecule is O=C1CN(c2ccc(NC(=O)c3cc(Cl)ccc3Br)cc2)CCN1. The van der Waals surface area contributed by atoms with Gasteiger partial charge in [0.25, 0.3) is 5.91 Å². The molecule has 3 rings (SSSR count). The maximum atomic E-state index is 12.4. The van der Waals surface area contributed by atoms with Crippen molar-refractivity contribution in [1.82, 2.24) is 5.32 Å². The lowest BCUT2D eigenvalue weighted by Gasteiger charge is -2.28. The second kappa shape index (κ2) is 7.23. The molecule has 5 nitrogen and oxygen atoms in total. The van der Waals surface area contributed by atoms with Gasteiger partial charge in [-0.2, -0.15) is 0 Å². The quantitative estimate of drug-likeness (QED) is 0.819. The first kappa shape index (κ1) is 16.8. The minimum Gasteiger partial charge on any atom is -0.360 e. The van der Waals surface area contributed by atoms with Crippen molar-refractivity contribution in [1.29, 1.82) is 0 Å². The summed E-state index contributed by atoms with van der Waals surface area (Å²) in [4.78, 5) is 25.8. The van der Waals surface area contributed by atoms with E-state index in [9.17, 15) is 9.59 Å². The molecule has 124 valence electrons. The van der Waals surface area contributed by atoms with Crippen molar-refractivity contribution in [3.05, 3.63) is 57.5 Å². The number of amides is 2. The topological polar surface area (TPSA) is 61.4 Å². The number of piperazine rings is 1. The van der Waals surface area contributed by atoms with Crippen LogP contribution in [0.3, 0.4) is 0 Å². The highest BCUT2D eigenvalue weighted by Crippen LogP contribution is 2.23. The summed E-state index contributed by atoms with van der Waals surface area (Å²) in [6.07, 6.45) is 0. The number of nitrogens with one attached hydrogen (secondary N) is 2. The van der Waals surface area contributed by atoms with Crippen molar-refractivity contribution in [2.45, 2.75) is 0 Å². The number of carbonyl (C=O) groups excluding carboxylic acids is 2. The largest absolute Gasteiger partial charge is 0.360 e. The lowest BCUT2D eigenvalue weighted by atomic mass is 10.2. The molecule has 1 aliphatic heterocycles. The van der Waals surface area contributed by atoms with Crippen LogP contribution in [0.4, 0.5) is 11.4 Å². The summed E-state index contributed by atoms with van der Waals surface area (Å²) < 4.78 is 0.681. The molecule has 0 unspecified atom stereocenters. The maximum absolute atomic E-state index is 12.4. The van der Waals surface area contributed by atoms with Gasteiger partial charge < -0.3 is 15.5 Å². The van der Waals surface area contributed by atoms with Gasteiger partial charge in [0.05, 0.1) is 12.1 Å². The fourth-order valence-corrected chi connectivity index (χ4v) is 3.08. The molecule has 2 aromatic rings. The Kier molecular flexibility index (Phi) is 5.06. The predicted molar refractivity (Wildman–Crippen MR) is 98.8 cm³/mol. The highest BCUT2D eigenvalue weighted by molar-refractivity contribution is 9.10. The van der Waals surface area contributed by atoms with Gasteiger partial charge in [-0.1, -0.05) is 11.6 Å². The number of anilines is 2. The van der Waals surface area contributed by atoms with Crippen LogP contribution in [0.2, 0.25) is 5.02 Å². The molecule has 2 aromatic carbocycles. The Morgan fingerprint density at radius 1 is 1.21 bits per heavy atom. The lowest BCUT2D eigenvalue weighted by molar-refractivity contribution is -0.120. The molecule has 2 amide bonds. The fourth-order valence-electron chi connectivity index (χ4n) is 2.48. The van der Waals surface area contributed by atoms with Gasteiger partial charge in [-0.05, 0) is 58.4 Å². The molecule has 0 atom stereocenters. The van der Waals surface area contributed by atoms with Crippen LogP contribution in [-0.2, 0) is 4.79 Å². The van der Waals surface area contributed by atoms with Gasteiger partial charge in [0.1, 0.15) is 0 Å². The van der Waals surface area contributed by atoms with Gasteiger partial charge in [-0.25, -0.2) is 0 Å². The molecule has 2 N–H and O–H groups in total. The second-order valence-corrected chi connectivity index (χ2v) is 6.69. The van der Waals surface area contributed by atoms with Crippen LogP contribution < -0.4 is 15.5 Å². The average Bonchev–Trinajstić information content (AvgIpc) is 2.57. The number of benzene rings is 2. The number of carbonyl (C=O) groups is 2. The van der Waals surface area contributed by atoms with Crippen LogP contribution in [-0.4, -0.2) is 31.4 Å². The van der Waals surface area contributed by atoms with Gasteiger partial charge in [0.15, 0.2) is 0 Å². The van der Waals surface area contributed by atoms with E-state index in [2.05, 4.69) is 26.6 Å². The van der Waals surface area contributed by atoms with Gasteiger partial charge in [0.2, 0.25) is 5.91 Å². The normalized spacial score (nSPS) is 14.2. The van der Waals surface area contributed by atoms with Gasteiger partial charge in [-0.3, -0.25) is 9.59 Å². The van der Waals surface area contributed by atoms with E-state index in [0.717, 1.165) is 12.2 Å². The minimum absolute atomic E-state index is 0.0180. The van der Waals surface area contributed by atoms with Crippen molar-refractivity contribution < 1.29 is 9.59 Å². The molecule has 0 aromatic heterocycles. The molecule has 0 radical (unpaired) electrons. The van der Waals surface area contributed by atoms with Crippen LogP contribution in [0.5, 0.6) is 0 Å². The highest BCUT2D eigenvalue weighted by Gasteiger charge is 2.16. The zero-order chi connectivity index (χ0) is 17.1. The van der Waals surface area contributed by atoms with Crippen molar-refractivity contribution in [2.75, 3.05) is 29.9 Å². The summed E-state index contributed by atoms with van der Waals surface area (Å²) in [5.41, 5.74) is 2.10. The third-order valence-electron chi connectivity index (χ3n) is 3.70. The Bertz CT molecular complexity index is 780. The van der Waals surface area contributed by atoms with E-state index in [1.165, 1.54) is 0 Å². The first-order valence-corrected chi connectivity index (χ1v) is 8.58. The van der Waals surface area contributed by atoms with Crippen LogP contribution in [0.1, 0.15) is 10.4 Å². The van der Waals surface area contributed by atoms with Crippen molar-refractivity contribution >= 4 is 50.7 Å². The number of hydrogen-bond acceptors (Lipinski definition) is 3. The summed E-state index contributed by atoms with van der Waals surface area (Å²) in [6, 6.07) is 12.5. The third kappa shape index (κ3) is 3.88. The van der Waals surface area contributed by atoms with Crippen LogP contribution in [0.25, 0.3) is 0 Å². The first-order chi connectivity index (χ1) is 11.5.